The quantitative estimate of drug-likeness (QED) is 0.659. The maximum absolute atomic E-state index is 12.6. The second-order valence-electron chi connectivity index (χ2n) is 4.69. The van der Waals surface area contributed by atoms with Crippen molar-refractivity contribution in [1.82, 2.24) is 10.2 Å². The van der Waals surface area contributed by atoms with E-state index in [1.165, 1.54) is 30.1 Å². The molecule has 1 aliphatic rings. The number of hydrogen-bond acceptors (Lipinski definition) is 4. The molecule has 0 radical (unpaired) electrons. The summed E-state index contributed by atoms with van der Waals surface area (Å²) in [7, 11) is 1.52. The number of halogens is 1. The lowest BCUT2D eigenvalue weighted by Crippen LogP contribution is -2.45. The Balaban J connectivity index is 2.33. The summed E-state index contributed by atoms with van der Waals surface area (Å²) in [6.45, 7) is 0.464. The van der Waals surface area contributed by atoms with E-state index in [1.807, 2.05) is 0 Å². The van der Waals surface area contributed by atoms with E-state index >= 15 is 0 Å². The molecule has 1 aromatic rings. The molecule has 0 aromatic heterocycles. The zero-order chi connectivity index (χ0) is 15.6. The van der Waals surface area contributed by atoms with Crippen molar-refractivity contribution >= 4 is 33.4 Å². The summed E-state index contributed by atoms with van der Waals surface area (Å²) in [6.07, 6.45) is 1.33. The molecule has 0 spiro atoms. The monoisotopic (exact) mass is 355 g/mol. The van der Waals surface area contributed by atoms with E-state index in [4.69, 9.17) is 0 Å². The highest BCUT2D eigenvalue weighted by atomic mass is 79.9. The van der Waals surface area contributed by atoms with Gasteiger partial charge in [0, 0.05) is 30.2 Å². The molecule has 2 rings (SSSR count). The molecule has 1 atom stereocenters. The van der Waals surface area contributed by atoms with Crippen molar-refractivity contribution in [3.63, 3.8) is 0 Å². The number of non-ortho nitro benzene ring substituents is 1. The third kappa shape index (κ3) is 3.05. The van der Waals surface area contributed by atoms with E-state index in [9.17, 15) is 19.7 Å². The normalized spacial score (nSPS) is 17.6. The molecule has 1 unspecified atom stereocenters. The third-order valence-corrected chi connectivity index (χ3v) is 4.15. The number of likely N-dealkylation sites (N-methyl/N-ethyl adjacent to an activating group) is 1. The molecular formula is C13H14BrN3O4. The predicted molar refractivity (Wildman–Crippen MR) is 78.9 cm³/mol. The van der Waals surface area contributed by atoms with Crippen molar-refractivity contribution in [3.05, 3.63) is 38.3 Å². The van der Waals surface area contributed by atoms with Crippen molar-refractivity contribution in [2.24, 2.45) is 0 Å². The number of nitro benzene ring substituents is 1. The van der Waals surface area contributed by atoms with Gasteiger partial charge < -0.3 is 10.2 Å². The predicted octanol–water partition coefficient (Wildman–Crippen LogP) is 1.71. The minimum atomic E-state index is -0.552. The second kappa shape index (κ2) is 6.21. The molecule has 1 fully saturated rings. The van der Waals surface area contributed by atoms with Crippen molar-refractivity contribution in [2.45, 2.75) is 18.9 Å². The fourth-order valence-corrected chi connectivity index (χ4v) is 2.81. The molecule has 1 aromatic carbocycles. The van der Waals surface area contributed by atoms with Crippen LogP contribution in [0.5, 0.6) is 0 Å². The molecule has 0 bridgehead atoms. The summed E-state index contributed by atoms with van der Waals surface area (Å²) in [5.74, 6) is -0.598. The van der Waals surface area contributed by atoms with Gasteiger partial charge in [-0.2, -0.15) is 0 Å². The highest BCUT2D eigenvalue weighted by molar-refractivity contribution is 9.10. The molecular weight excluding hydrogens is 342 g/mol. The van der Waals surface area contributed by atoms with Crippen LogP contribution in [0.15, 0.2) is 22.7 Å². The van der Waals surface area contributed by atoms with Crippen molar-refractivity contribution in [3.8, 4) is 0 Å². The van der Waals surface area contributed by atoms with E-state index in [0.29, 0.717) is 17.4 Å². The fourth-order valence-electron chi connectivity index (χ4n) is 2.39. The summed E-state index contributed by atoms with van der Waals surface area (Å²) in [6, 6.07) is 3.50. The van der Waals surface area contributed by atoms with Gasteiger partial charge in [0.15, 0.2) is 0 Å². The Bertz CT molecular complexity index is 605. The average Bonchev–Trinajstić information content (AvgIpc) is 2.95. The van der Waals surface area contributed by atoms with E-state index in [0.717, 1.165) is 6.42 Å². The standard InChI is InChI=1S/C13H14BrN3O4/c1-15-12(18)11-3-2-6-16(11)13(19)9-7-8(17(20)21)4-5-10(9)14/h4-5,7,11H,2-3,6H2,1H3,(H,15,18). The molecule has 1 N–H and O–H groups in total. The van der Waals surface area contributed by atoms with Crippen molar-refractivity contribution in [1.29, 1.82) is 0 Å². The number of carbonyl (C=O) groups is 2. The average molecular weight is 356 g/mol. The van der Waals surface area contributed by atoms with Gasteiger partial charge in [0.1, 0.15) is 6.04 Å². The van der Waals surface area contributed by atoms with Crippen LogP contribution < -0.4 is 5.32 Å². The van der Waals surface area contributed by atoms with Gasteiger partial charge in [0.2, 0.25) is 5.91 Å². The van der Waals surface area contributed by atoms with Crippen LogP contribution in [-0.2, 0) is 4.79 Å². The Morgan fingerprint density at radius 1 is 1.48 bits per heavy atom. The summed E-state index contributed by atoms with van der Waals surface area (Å²) >= 11 is 3.23. The summed E-state index contributed by atoms with van der Waals surface area (Å²) in [5.41, 5.74) is 0.0391. The summed E-state index contributed by atoms with van der Waals surface area (Å²) < 4.78 is 0.473. The molecule has 1 heterocycles. The minimum Gasteiger partial charge on any atom is -0.357 e. The van der Waals surface area contributed by atoms with Crippen LogP contribution >= 0.6 is 15.9 Å². The van der Waals surface area contributed by atoms with Gasteiger partial charge in [-0.15, -0.1) is 0 Å². The summed E-state index contributed by atoms with van der Waals surface area (Å²) in [4.78, 5) is 36.1. The number of rotatable bonds is 3. The molecule has 0 saturated carbocycles. The molecule has 1 saturated heterocycles. The molecule has 1 aliphatic heterocycles. The Morgan fingerprint density at radius 2 is 2.19 bits per heavy atom. The lowest BCUT2D eigenvalue weighted by molar-refractivity contribution is -0.384. The Kier molecular flexibility index (Phi) is 4.56. The first-order valence-corrected chi connectivity index (χ1v) is 7.21. The smallest absolute Gasteiger partial charge is 0.270 e. The minimum absolute atomic E-state index is 0.155. The molecule has 21 heavy (non-hydrogen) atoms. The zero-order valence-corrected chi connectivity index (χ0v) is 12.9. The van der Waals surface area contributed by atoms with Crippen LogP contribution in [0.3, 0.4) is 0 Å². The van der Waals surface area contributed by atoms with Gasteiger partial charge in [-0.1, -0.05) is 0 Å². The number of amides is 2. The van der Waals surface area contributed by atoms with Crippen LogP contribution in [0.4, 0.5) is 5.69 Å². The van der Waals surface area contributed by atoms with Crippen LogP contribution in [0, 0.1) is 10.1 Å². The van der Waals surface area contributed by atoms with Crippen molar-refractivity contribution < 1.29 is 14.5 Å². The Morgan fingerprint density at radius 3 is 2.81 bits per heavy atom. The number of likely N-dealkylation sites (tertiary alicyclic amines) is 1. The highest BCUT2D eigenvalue weighted by Gasteiger charge is 2.35. The summed E-state index contributed by atoms with van der Waals surface area (Å²) in [5, 5.41) is 13.4. The van der Waals surface area contributed by atoms with Crippen LogP contribution in [-0.4, -0.2) is 41.3 Å². The number of hydrogen-bond donors (Lipinski definition) is 1. The third-order valence-electron chi connectivity index (χ3n) is 3.45. The van der Waals surface area contributed by atoms with Gasteiger partial charge in [-0.3, -0.25) is 19.7 Å². The van der Waals surface area contributed by atoms with Gasteiger partial charge in [0.25, 0.3) is 11.6 Å². The maximum atomic E-state index is 12.6. The second-order valence-corrected chi connectivity index (χ2v) is 5.55. The van der Waals surface area contributed by atoms with Crippen LogP contribution in [0.1, 0.15) is 23.2 Å². The number of nitrogens with one attached hydrogen (secondary N) is 1. The van der Waals surface area contributed by atoms with Crippen LogP contribution in [0.2, 0.25) is 0 Å². The number of benzene rings is 1. The molecule has 0 aliphatic carbocycles. The lowest BCUT2D eigenvalue weighted by atomic mass is 10.1. The lowest BCUT2D eigenvalue weighted by Gasteiger charge is -2.23. The first kappa shape index (κ1) is 15.4. The van der Waals surface area contributed by atoms with Gasteiger partial charge >= 0.3 is 0 Å². The topological polar surface area (TPSA) is 92.6 Å². The maximum Gasteiger partial charge on any atom is 0.270 e. The zero-order valence-electron chi connectivity index (χ0n) is 11.3. The molecule has 2 amide bonds. The SMILES string of the molecule is CNC(=O)C1CCCN1C(=O)c1cc([N+](=O)[O-])ccc1Br. The van der Waals surface area contributed by atoms with Gasteiger partial charge in [-0.25, -0.2) is 0 Å². The molecule has 8 heteroatoms. The number of carbonyl (C=O) groups excluding carboxylic acids is 2. The van der Waals surface area contributed by atoms with E-state index < -0.39 is 11.0 Å². The first-order valence-electron chi connectivity index (χ1n) is 6.42. The molecule has 112 valence electrons. The van der Waals surface area contributed by atoms with Crippen molar-refractivity contribution in [2.75, 3.05) is 13.6 Å². The molecule has 7 nitrogen and oxygen atoms in total. The van der Waals surface area contributed by atoms with E-state index in [1.54, 1.807) is 0 Å². The number of nitrogens with zero attached hydrogens (tertiary/aromatic N) is 2. The largest absolute Gasteiger partial charge is 0.357 e. The number of nitro groups is 1. The van der Waals surface area contributed by atoms with E-state index in [-0.39, 0.29) is 23.1 Å². The fraction of sp³-hybridized carbons (Fsp3) is 0.385. The van der Waals surface area contributed by atoms with Gasteiger partial charge in [-0.05, 0) is 34.8 Å². The van der Waals surface area contributed by atoms with E-state index in [2.05, 4.69) is 21.2 Å². The Labute approximate surface area is 129 Å². The first-order chi connectivity index (χ1) is 9.95. The van der Waals surface area contributed by atoms with Crippen LogP contribution in [0.25, 0.3) is 0 Å². The highest BCUT2D eigenvalue weighted by Crippen LogP contribution is 2.27. The Hall–Kier alpha value is -1.96. The van der Waals surface area contributed by atoms with Gasteiger partial charge in [0.05, 0.1) is 10.5 Å².